The summed E-state index contributed by atoms with van der Waals surface area (Å²) < 4.78 is 30.8. The molecular formula is C12H22N4O3S. The third kappa shape index (κ3) is 4.00. The highest BCUT2D eigenvalue weighted by atomic mass is 32.2. The normalized spacial score (nSPS) is 18.5. The molecule has 0 saturated carbocycles. The standard InChI is InChI=1S/C12H22N4O3S/c1-3-10-20(17,18)16-8-6-15(7-9-16)5-4-12-14-13-11(2)19-12/h3-10H2,1-2H3. The summed E-state index contributed by atoms with van der Waals surface area (Å²) in [5, 5.41) is 7.75. The highest BCUT2D eigenvalue weighted by Gasteiger charge is 2.25. The highest BCUT2D eigenvalue weighted by molar-refractivity contribution is 7.89. The van der Waals surface area contributed by atoms with Crippen molar-refractivity contribution in [1.82, 2.24) is 19.4 Å². The summed E-state index contributed by atoms with van der Waals surface area (Å²) >= 11 is 0. The van der Waals surface area contributed by atoms with Gasteiger partial charge in [0.2, 0.25) is 21.8 Å². The first-order valence-electron chi connectivity index (χ1n) is 7.00. The maximum atomic E-state index is 11.9. The fraction of sp³-hybridized carbons (Fsp3) is 0.833. The maximum Gasteiger partial charge on any atom is 0.217 e. The number of aryl methyl sites for hydroxylation is 1. The van der Waals surface area contributed by atoms with Crippen LogP contribution in [0.15, 0.2) is 4.42 Å². The molecule has 7 nitrogen and oxygen atoms in total. The first kappa shape index (κ1) is 15.4. The van der Waals surface area contributed by atoms with Crippen LogP contribution < -0.4 is 0 Å². The van der Waals surface area contributed by atoms with E-state index in [4.69, 9.17) is 4.42 Å². The van der Waals surface area contributed by atoms with Crippen molar-refractivity contribution >= 4 is 10.0 Å². The summed E-state index contributed by atoms with van der Waals surface area (Å²) in [6.07, 6.45) is 1.38. The van der Waals surface area contributed by atoms with Crippen LogP contribution in [-0.2, 0) is 16.4 Å². The molecule has 0 unspecified atom stereocenters. The lowest BCUT2D eigenvalue weighted by atomic mass is 10.3. The Bertz CT molecular complexity index is 521. The van der Waals surface area contributed by atoms with Gasteiger partial charge in [0.1, 0.15) is 0 Å². The van der Waals surface area contributed by atoms with Crippen LogP contribution in [0.4, 0.5) is 0 Å². The number of aromatic nitrogens is 2. The van der Waals surface area contributed by atoms with Crippen LogP contribution in [0.5, 0.6) is 0 Å². The van der Waals surface area contributed by atoms with Crippen LogP contribution in [0.2, 0.25) is 0 Å². The van der Waals surface area contributed by atoms with E-state index in [1.165, 1.54) is 0 Å². The summed E-state index contributed by atoms with van der Waals surface area (Å²) in [4.78, 5) is 2.23. The van der Waals surface area contributed by atoms with Gasteiger partial charge in [-0.05, 0) is 6.42 Å². The Morgan fingerprint density at radius 2 is 1.90 bits per heavy atom. The fourth-order valence-corrected chi connectivity index (χ4v) is 3.80. The van der Waals surface area contributed by atoms with Crippen molar-refractivity contribution in [3.63, 3.8) is 0 Å². The smallest absolute Gasteiger partial charge is 0.217 e. The van der Waals surface area contributed by atoms with Crippen LogP contribution in [-0.4, -0.2) is 66.3 Å². The molecule has 20 heavy (non-hydrogen) atoms. The minimum Gasteiger partial charge on any atom is -0.426 e. The lowest BCUT2D eigenvalue weighted by Gasteiger charge is -2.33. The van der Waals surface area contributed by atoms with Crippen LogP contribution in [0.3, 0.4) is 0 Å². The SMILES string of the molecule is CCCS(=O)(=O)N1CCN(CCc2nnc(C)o2)CC1. The molecule has 0 radical (unpaired) electrons. The van der Waals surface area contributed by atoms with Crippen molar-refractivity contribution in [2.24, 2.45) is 0 Å². The predicted molar refractivity (Wildman–Crippen MR) is 74.8 cm³/mol. The van der Waals surface area contributed by atoms with Gasteiger partial charge in [-0.15, -0.1) is 10.2 Å². The molecule has 1 aromatic rings. The Balaban J connectivity index is 1.77. The van der Waals surface area contributed by atoms with Crippen LogP contribution >= 0.6 is 0 Å². The minimum absolute atomic E-state index is 0.244. The largest absolute Gasteiger partial charge is 0.426 e. The molecule has 0 N–H and O–H groups in total. The van der Waals surface area contributed by atoms with Gasteiger partial charge in [-0.25, -0.2) is 8.42 Å². The molecule has 2 rings (SSSR count). The number of sulfonamides is 1. The summed E-state index contributed by atoms with van der Waals surface area (Å²) in [6, 6.07) is 0. The van der Waals surface area contributed by atoms with E-state index in [-0.39, 0.29) is 5.75 Å². The molecule has 1 aliphatic heterocycles. The van der Waals surface area contributed by atoms with E-state index in [9.17, 15) is 8.42 Å². The van der Waals surface area contributed by atoms with Gasteiger partial charge in [-0.3, -0.25) is 0 Å². The molecule has 1 aliphatic rings. The summed E-state index contributed by atoms with van der Waals surface area (Å²) in [6.45, 7) is 7.15. The Kier molecular flexibility index (Phi) is 5.11. The van der Waals surface area contributed by atoms with Gasteiger partial charge in [0.15, 0.2) is 0 Å². The first-order chi connectivity index (χ1) is 9.51. The third-order valence-corrected chi connectivity index (χ3v) is 5.47. The van der Waals surface area contributed by atoms with E-state index in [0.717, 1.165) is 19.6 Å². The Morgan fingerprint density at radius 1 is 1.20 bits per heavy atom. The van der Waals surface area contributed by atoms with E-state index in [2.05, 4.69) is 15.1 Å². The van der Waals surface area contributed by atoms with E-state index < -0.39 is 10.0 Å². The second-order valence-electron chi connectivity index (χ2n) is 5.02. The topological polar surface area (TPSA) is 79.5 Å². The van der Waals surface area contributed by atoms with Gasteiger partial charge in [-0.2, -0.15) is 4.31 Å². The second kappa shape index (κ2) is 6.64. The molecule has 0 aliphatic carbocycles. The Hall–Kier alpha value is -0.990. The van der Waals surface area contributed by atoms with Gasteiger partial charge in [0.05, 0.1) is 5.75 Å². The second-order valence-corrected chi connectivity index (χ2v) is 7.11. The minimum atomic E-state index is -3.05. The molecule has 0 spiro atoms. The zero-order valence-corrected chi connectivity index (χ0v) is 12.9. The summed E-state index contributed by atoms with van der Waals surface area (Å²) in [5.41, 5.74) is 0. The molecule has 0 atom stereocenters. The van der Waals surface area contributed by atoms with Crippen molar-refractivity contribution in [2.45, 2.75) is 26.7 Å². The zero-order valence-electron chi connectivity index (χ0n) is 12.1. The fourth-order valence-electron chi connectivity index (χ4n) is 2.31. The predicted octanol–water partition coefficient (Wildman–Crippen LogP) is 0.278. The third-order valence-electron chi connectivity index (χ3n) is 3.40. The van der Waals surface area contributed by atoms with E-state index in [1.807, 2.05) is 6.92 Å². The number of piperazine rings is 1. The van der Waals surface area contributed by atoms with Crippen molar-refractivity contribution in [2.75, 3.05) is 38.5 Å². The number of rotatable bonds is 6. The van der Waals surface area contributed by atoms with E-state index in [0.29, 0.717) is 37.7 Å². The van der Waals surface area contributed by atoms with Crippen LogP contribution in [0, 0.1) is 6.92 Å². The molecule has 2 heterocycles. The van der Waals surface area contributed by atoms with Crippen molar-refractivity contribution in [3.05, 3.63) is 11.8 Å². The van der Waals surface area contributed by atoms with Gasteiger partial charge < -0.3 is 9.32 Å². The van der Waals surface area contributed by atoms with Crippen molar-refractivity contribution in [1.29, 1.82) is 0 Å². The lowest BCUT2D eigenvalue weighted by molar-refractivity contribution is 0.186. The number of hydrogen-bond donors (Lipinski definition) is 0. The molecule has 1 saturated heterocycles. The first-order valence-corrected chi connectivity index (χ1v) is 8.61. The van der Waals surface area contributed by atoms with Crippen LogP contribution in [0.25, 0.3) is 0 Å². The van der Waals surface area contributed by atoms with Crippen LogP contribution in [0.1, 0.15) is 25.1 Å². The lowest BCUT2D eigenvalue weighted by Crippen LogP contribution is -2.49. The van der Waals surface area contributed by atoms with Crippen molar-refractivity contribution in [3.8, 4) is 0 Å². The zero-order chi connectivity index (χ0) is 14.6. The Morgan fingerprint density at radius 3 is 2.45 bits per heavy atom. The van der Waals surface area contributed by atoms with Gasteiger partial charge >= 0.3 is 0 Å². The highest BCUT2D eigenvalue weighted by Crippen LogP contribution is 2.10. The molecule has 114 valence electrons. The van der Waals surface area contributed by atoms with E-state index in [1.54, 1.807) is 11.2 Å². The summed E-state index contributed by atoms with van der Waals surface area (Å²) in [7, 11) is -3.05. The van der Waals surface area contributed by atoms with E-state index >= 15 is 0 Å². The van der Waals surface area contributed by atoms with Crippen molar-refractivity contribution < 1.29 is 12.8 Å². The number of hydrogen-bond acceptors (Lipinski definition) is 6. The molecule has 0 bridgehead atoms. The Labute approximate surface area is 120 Å². The average Bonchev–Trinajstić information content (AvgIpc) is 2.83. The molecule has 8 heteroatoms. The molecule has 0 aromatic carbocycles. The molecule has 1 aromatic heterocycles. The monoisotopic (exact) mass is 302 g/mol. The molecule has 1 fully saturated rings. The molecular weight excluding hydrogens is 280 g/mol. The maximum absolute atomic E-state index is 11.9. The number of nitrogens with zero attached hydrogens (tertiary/aromatic N) is 4. The molecule has 0 amide bonds. The van der Waals surface area contributed by atoms with Gasteiger partial charge in [0, 0.05) is 46.1 Å². The quantitative estimate of drug-likeness (QED) is 0.751. The average molecular weight is 302 g/mol. The van der Waals surface area contributed by atoms with Gasteiger partial charge in [-0.1, -0.05) is 6.92 Å². The van der Waals surface area contributed by atoms with Gasteiger partial charge in [0.25, 0.3) is 0 Å². The summed E-state index contributed by atoms with van der Waals surface area (Å²) in [5.74, 6) is 1.47.